The molecule has 0 aliphatic carbocycles. The van der Waals surface area contributed by atoms with Crippen molar-refractivity contribution in [3.05, 3.63) is 120 Å². The van der Waals surface area contributed by atoms with Crippen molar-refractivity contribution in [2.75, 3.05) is 0 Å². The van der Waals surface area contributed by atoms with Crippen LogP contribution in [0.4, 0.5) is 0 Å². The standard InChI is InChI=1S/C16H17N.C13H10O/c1-16(2,3)13-9-6-8-12-11-7-4-5-10-14(11)17-15(12)13;14-13(11-7-3-1-4-8-11)12-9-5-2-6-10-12/h4-10,17H,1-3H3;1-10H. The zero-order valence-corrected chi connectivity index (χ0v) is 18.2. The molecule has 0 saturated heterocycles. The highest BCUT2D eigenvalue weighted by atomic mass is 16.1. The normalized spacial score (nSPS) is 11.2. The molecule has 2 nitrogen and oxygen atoms in total. The van der Waals surface area contributed by atoms with Crippen LogP contribution in [0.25, 0.3) is 21.8 Å². The zero-order chi connectivity index (χ0) is 21.8. The van der Waals surface area contributed by atoms with Gasteiger partial charge >= 0.3 is 0 Å². The van der Waals surface area contributed by atoms with Gasteiger partial charge in [0.2, 0.25) is 0 Å². The van der Waals surface area contributed by atoms with Crippen molar-refractivity contribution in [2.24, 2.45) is 0 Å². The second kappa shape index (κ2) is 8.61. The summed E-state index contributed by atoms with van der Waals surface area (Å²) in [6.07, 6.45) is 0. The van der Waals surface area contributed by atoms with E-state index in [1.807, 2.05) is 60.7 Å². The number of hydrogen-bond acceptors (Lipinski definition) is 1. The summed E-state index contributed by atoms with van der Waals surface area (Å²) in [5, 5.41) is 2.64. The van der Waals surface area contributed by atoms with Gasteiger partial charge < -0.3 is 4.98 Å². The Balaban J connectivity index is 0.000000152. The molecule has 0 atom stereocenters. The summed E-state index contributed by atoms with van der Waals surface area (Å²) < 4.78 is 0. The van der Waals surface area contributed by atoms with Gasteiger partial charge in [0.25, 0.3) is 0 Å². The molecule has 0 fully saturated rings. The van der Waals surface area contributed by atoms with Crippen molar-refractivity contribution in [3.63, 3.8) is 0 Å². The van der Waals surface area contributed by atoms with Crippen LogP contribution in [0.3, 0.4) is 0 Å². The number of rotatable bonds is 2. The Morgan fingerprint density at radius 2 is 1.13 bits per heavy atom. The van der Waals surface area contributed by atoms with E-state index in [2.05, 4.69) is 68.2 Å². The van der Waals surface area contributed by atoms with Gasteiger partial charge in [-0.05, 0) is 17.0 Å². The molecule has 0 aliphatic rings. The first-order chi connectivity index (χ1) is 14.9. The predicted molar refractivity (Wildman–Crippen MR) is 131 cm³/mol. The average Bonchev–Trinajstić information content (AvgIpc) is 3.18. The van der Waals surface area contributed by atoms with Gasteiger partial charge in [-0.3, -0.25) is 4.79 Å². The molecular formula is C29H27NO. The molecule has 154 valence electrons. The van der Waals surface area contributed by atoms with Gasteiger partial charge in [-0.1, -0.05) is 118 Å². The fraction of sp³-hybridized carbons (Fsp3) is 0.138. The topological polar surface area (TPSA) is 32.9 Å². The lowest BCUT2D eigenvalue weighted by atomic mass is 9.86. The average molecular weight is 406 g/mol. The molecule has 1 aromatic heterocycles. The Kier molecular flexibility index (Phi) is 5.73. The maximum Gasteiger partial charge on any atom is 0.193 e. The van der Waals surface area contributed by atoms with E-state index in [4.69, 9.17) is 0 Å². The molecule has 0 radical (unpaired) electrons. The van der Waals surface area contributed by atoms with Gasteiger partial charge in [-0.15, -0.1) is 0 Å². The zero-order valence-electron chi connectivity index (χ0n) is 18.2. The second-order valence-electron chi connectivity index (χ2n) is 8.71. The summed E-state index contributed by atoms with van der Waals surface area (Å²) >= 11 is 0. The molecule has 4 aromatic carbocycles. The molecule has 0 bridgehead atoms. The summed E-state index contributed by atoms with van der Waals surface area (Å²) in [5.41, 5.74) is 5.52. The van der Waals surface area contributed by atoms with E-state index in [-0.39, 0.29) is 11.2 Å². The van der Waals surface area contributed by atoms with Crippen LogP contribution in [0.5, 0.6) is 0 Å². The highest BCUT2D eigenvalue weighted by Crippen LogP contribution is 2.33. The van der Waals surface area contributed by atoms with Crippen LogP contribution in [0, 0.1) is 0 Å². The minimum Gasteiger partial charge on any atom is -0.354 e. The fourth-order valence-corrected chi connectivity index (χ4v) is 3.84. The lowest BCUT2D eigenvalue weighted by molar-refractivity contribution is 0.103. The van der Waals surface area contributed by atoms with Crippen molar-refractivity contribution >= 4 is 27.6 Å². The third-order valence-corrected chi connectivity index (χ3v) is 5.42. The quantitative estimate of drug-likeness (QED) is 0.302. The van der Waals surface area contributed by atoms with Gasteiger partial charge in [0.05, 0.1) is 5.52 Å². The van der Waals surface area contributed by atoms with Gasteiger partial charge in [0, 0.05) is 27.4 Å². The van der Waals surface area contributed by atoms with Gasteiger partial charge in [-0.2, -0.15) is 0 Å². The van der Waals surface area contributed by atoms with Gasteiger partial charge in [0.15, 0.2) is 5.78 Å². The number of hydrogen-bond donors (Lipinski definition) is 1. The molecule has 0 spiro atoms. The second-order valence-corrected chi connectivity index (χ2v) is 8.71. The first kappa shape index (κ1) is 20.6. The largest absolute Gasteiger partial charge is 0.354 e. The van der Waals surface area contributed by atoms with Crippen LogP contribution in [-0.4, -0.2) is 10.8 Å². The van der Waals surface area contributed by atoms with E-state index in [1.165, 1.54) is 27.4 Å². The van der Waals surface area contributed by atoms with Crippen LogP contribution in [-0.2, 0) is 5.41 Å². The van der Waals surface area contributed by atoms with Crippen LogP contribution >= 0.6 is 0 Å². The lowest BCUT2D eigenvalue weighted by Crippen LogP contribution is -2.11. The number of para-hydroxylation sites is 2. The van der Waals surface area contributed by atoms with Gasteiger partial charge in [-0.25, -0.2) is 0 Å². The molecular weight excluding hydrogens is 378 g/mol. The maximum absolute atomic E-state index is 11.8. The van der Waals surface area contributed by atoms with E-state index >= 15 is 0 Å². The Bertz CT molecular complexity index is 1270. The number of aromatic amines is 1. The van der Waals surface area contributed by atoms with Gasteiger partial charge in [0.1, 0.15) is 0 Å². The number of nitrogens with one attached hydrogen (secondary N) is 1. The first-order valence-electron chi connectivity index (χ1n) is 10.6. The summed E-state index contributed by atoms with van der Waals surface area (Å²) in [7, 11) is 0. The molecule has 31 heavy (non-hydrogen) atoms. The van der Waals surface area contributed by atoms with E-state index in [1.54, 1.807) is 0 Å². The third-order valence-electron chi connectivity index (χ3n) is 5.42. The van der Waals surface area contributed by atoms with E-state index in [9.17, 15) is 4.79 Å². The molecule has 1 N–H and O–H groups in total. The predicted octanol–water partition coefficient (Wildman–Crippen LogP) is 7.54. The van der Waals surface area contributed by atoms with Crippen molar-refractivity contribution in [3.8, 4) is 0 Å². The summed E-state index contributed by atoms with van der Waals surface area (Å²) in [4.78, 5) is 15.4. The summed E-state index contributed by atoms with van der Waals surface area (Å²) in [6, 6.07) is 33.7. The maximum atomic E-state index is 11.8. The summed E-state index contributed by atoms with van der Waals surface area (Å²) in [6.45, 7) is 6.77. The highest BCUT2D eigenvalue weighted by molar-refractivity contribution is 6.09. The number of H-pyrrole nitrogens is 1. The minimum atomic E-state index is 0.0752. The number of fused-ring (bicyclic) bond motifs is 3. The molecule has 0 saturated carbocycles. The number of ketones is 1. The molecule has 0 unspecified atom stereocenters. The van der Waals surface area contributed by atoms with Crippen LogP contribution in [0.2, 0.25) is 0 Å². The summed E-state index contributed by atoms with van der Waals surface area (Å²) in [5.74, 6) is 0.0752. The smallest absolute Gasteiger partial charge is 0.193 e. The molecule has 1 heterocycles. The molecule has 0 aliphatic heterocycles. The fourth-order valence-electron chi connectivity index (χ4n) is 3.84. The molecule has 2 heteroatoms. The monoisotopic (exact) mass is 405 g/mol. The Hall–Kier alpha value is -3.65. The Labute approximate surface area is 183 Å². The van der Waals surface area contributed by atoms with Crippen LogP contribution < -0.4 is 0 Å². The first-order valence-corrected chi connectivity index (χ1v) is 10.6. The Morgan fingerprint density at radius 3 is 1.71 bits per heavy atom. The SMILES string of the molecule is CC(C)(C)c1cccc2c1[nH]c1ccccc12.O=C(c1ccccc1)c1ccccc1. The lowest BCUT2D eigenvalue weighted by Gasteiger charge is -2.19. The van der Waals surface area contributed by atoms with E-state index < -0.39 is 0 Å². The van der Waals surface area contributed by atoms with Crippen molar-refractivity contribution in [1.82, 2.24) is 4.98 Å². The van der Waals surface area contributed by atoms with Crippen molar-refractivity contribution in [2.45, 2.75) is 26.2 Å². The number of aromatic nitrogens is 1. The Morgan fingerprint density at radius 1 is 0.613 bits per heavy atom. The van der Waals surface area contributed by atoms with E-state index in [0.29, 0.717) is 0 Å². The number of benzene rings is 4. The van der Waals surface area contributed by atoms with Crippen molar-refractivity contribution < 1.29 is 4.79 Å². The van der Waals surface area contributed by atoms with Crippen molar-refractivity contribution in [1.29, 1.82) is 0 Å². The molecule has 5 rings (SSSR count). The highest BCUT2D eigenvalue weighted by Gasteiger charge is 2.18. The van der Waals surface area contributed by atoms with E-state index in [0.717, 1.165) is 11.1 Å². The molecule has 0 amide bonds. The molecule has 5 aromatic rings. The van der Waals surface area contributed by atoms with Crippen LogP contribution in [0.15, 0.2) is 103 Å². The third kappa shape index (κ3) is 4.44. The van der Waals surface area contributed by atoms with Crippen LogP contribution in [0.1, 0.15) is 42.3 Å². The number of carbonyl (C=O) groups excluding carboxylic acids is 1. The minimum absolute atomic E-state index is 0.0752. The number of carbonyl (C=O) groups is 1.